The molecule has 0 unspecified atom stereocenters. The van der Waals surface area contributed by atoms with Crippen molar-refractivity contribution in [3.8, 4) is 0 Å². The summed E-state index contributed by atoms with van der Waals surface area (Å²) >= 11 is 25.6. The van der Waals surface area contributed by atoms with E-state index in [1.807, 2.05) is 44.2 Å². The van der Waals surface area contributed by atoms with Gasteiger partial charge >= 0.3 is 0 Å². The Morgan fingerprint density at radius 3 is 2.20 bits per heavy atom. The predicted molar refractivity (Wildman–Crippen MR) is 186 cm³/mol. The molecule has 0 aromatic heterocycles. The number of rotatable bonds is 13. The van der Waals surface area contributed by atoms with Gasteiger partial charge in [0.2, 0.25) is 11.8 Å². The first-order valence-electron chi connectivity index (χ1n) is 14.5. The third-order valence-electron chi connectivity index (χ3n) is 7.26. The molecule has 0 fully saturated rings. The van der Waals surface area contributed by atoms with Crippen LogP contribution in [0.5, 0.6) is 0 Å². The van der Waals surface area contributed by atoms with E-state index in [9.17, 15) is 18.0 Å². The van der Waals surface area contributed by atoms with Crippen molar-refractivity contribution in [1.29, 1.82) is 0 Å². The molecule has 242 valence electrons. The topological polar surface area (TPSA) is 86.8 Å². The highest BCUT2D eigenvalue weighted by atomic mass is 35.5. The molecule has 1 N–H and O–H groups in total. The molecule has 0 aliphatic carbocycles. The second kappa shape index (κ2) is 16.0. The zero-order valence-electron chi connectivity index (χ0n) is 25.2. The smallest absolute Gasteiger partial charge is 0.264 e. The number of carbonyl (C=O) groups is 2. The van der Waals surface area contributed by atoms with Gasteiger partial charge in [0.15, 0.2) is 0 Å². The van der Waals surface area contributed by atoms with Gasteiger partial charge in [-0.15, -0.1) is 0 Å². The number of nitrogens with zero attached hydrogens (tertiary/aromatic N) is 2. The second-order valence-electron chi connectivity index (χ2n) is 10.7. The van der Waals surface area contributed by atoms with E-state index in [4.69, 9.17) is 46.4 Å². The third kappa shape index (κ3) is 8.75. The number of amides is 2. The highest BCUT2D eigenvalue weighted by Gasteiger charge is 2.35. The van der Waals surface area contributed by atoms with Crippen molar-refractivity contribution in [2.45, 2.75) is 44.2 Å². The molecule has 0 aliphatic rings. The Bertz CT molecular complexity index is 1790. The first-order valence-corrected chi connectivity index (χ1v) is 17.5. The van der Waals surface area contributed by atoms with E-state index in [0.717, 1.165) is 15.4 Å². The summed E-state index contributed by atoms with van der Waals surface area (Å²) in [5, 5.41) is 3.67. The minimum absolute atomic E-state index is 0.0163. The number of hydrogen-bond acceptors (Lipinski definition) is 4. The maximum Gasteiger partial charge on any atom is 0.264 e. The Kier molecular flexibility index (Phi) is 12.4. The van der Waals surface area contributed by atoms with E-state index in [-0.39, 0.29) is 33.6 Å². The lowest BCUT2D eigenvalue weighted by molar-refractivity contribution is -0.140. The number of nitrogens with one attached hydrogen (secondary N) is 1. The molecule has 4 aromatic carbocycles. The molecular weight excluding hydrogens is 688 g/mol. The molecule has 4 rings (SSSR count). The van der Waals surface area contributed by atoms with Crippen molar-refractivity contribution in [1.82, 2.24) is 10.2 Å². The summed E-state index contributed by atoms with van der Waals surface area (Å²) in [5.41, 5.74) is 2.20. The summed E-state index contributed by atoms with van der Waals surface area (Å²) in [5.74, 6) is -1.05. The fourth-order valence-corrected chi connectivity index (χ4v) is 7.13. The largest absolute Gasteiger partial charge is 0.354 e. The van der Waals surface area contributed by atoms with Crippen LogP contribution >= 0.6 is 46.4 Å². The molecule has 0 saturated carbocycles. The lowest BCUT2D eigenvalue weighted by Gasteiger charge is -2.34. The van der Waals surface area contributed by atoms with Crippen LogP contribution in [0.25, 0.3) is 0 Å². The van der Waals surface area contributed by atoms with Crippen molar-refractivity contribution in [3.63, 3.8) is 0 Å². The Morgan fingerprint density at radius 1 is 0.848 bits per heavy atom. The van der Waals surface area contributed by atoms with Crippen LogP contribution in [-0.4, -0.2) is 44.3 Å². The highest BCUT2D eigenvalue weighted by Crippen LogP contribution is 2.36. The SMILES string of the molecule is CCCNC(=O)[C@H](Cc1ccccc1)N(Cc1ccc(Cl)cc1Cl)C(=O)CN(c1cccc(Cl)c1Cl)S(=O)(=O)c1ccc(C)cc1. The normalized spacial score (nSPS) is 12.0. The summed E-state index contributed by atoms with van der Waals surface area (Å²) in [6.45, 7) is 3.36. The van der Waals surface area contributed by atoms with E-state index >= 15 is 0 Å². The number of sulfonamides is 1. The summed E-state index contributed by atoms with van der Waals surface area (Å²) in [4.78, 5) is 29.6. The quantitative estimate of drug-likeness (QED) is 0.152. The van der Waals surface area contributed by atoms with Gasteiger partial charge in [-0.05, 0) is 60.9 Å². The first-order chi connectivity index (χ1) is 21.9. The minimum atomic E-state index is -4.35. The van der Waals surface area contributed by atoms with Crippen molar-refractivity contribution < 1.29 is 18.0 Å². The molecule has 4 aromatic rings. The van der Waals surface area contributed by atoms with Gasteiger partial charge in [0.05, 0.1) is 20.6 Å². The Balaban J connectivity index is 1.85. The summed E-state index contributed by atoms with van der Waals surface area (Å²) in [6, 6.07) is 23.9. The van der Waals surface area contributed by atoms with Crippen LogP contribution in [0.2, 0.25) is 20.1 Å². The van der Waals surface area contributed by atoms with E-state index in [0.29, 0.717) is 28.6 Å². The lowest BCUT2D eigenvalue weighted by Crippen LogP contribution is -2.53. The molecule has 7 nitrogen and oxygen atoms in total. The van der Waals surface area contributed by atoms with Crippen LogP contribution in [-0.2, 0) is 32.6 Å². The minimum Gasteiger partial charge on any atom is -0.354 e. The Morgan fingerprint density at radius 2 is 1.54 bits per heavy atom. The summed E-state index contributed by atoms with van der Waals surface area (Å²) < 4.78 is 29.3. The van der Waals surface area contributed by atoms with Crippen molar-refractivity contribution in [3.05, 3.63) is 128 Å². The molecule has 12 heteroatoms. The van der Waals surface area contributed by atoms with Gasteiger partial charge in [-0.2, -0.15) is 0 Å². The molecule has 0 bridgehead atoms. The number of carbonyl (C=O) groups excluding carboxylic acids is 2. The van der Waals surface area contributed by atoms with Crippen LogP contribution in [0.3, 0.4) is 0 Å². The van der Waals surface area contributed by atoms with Crippen LogP contribution in [0.1, 0.15) is 30.0 Å². The number of benzene rings is 4. The monoisotopic (exact) mass is 719 g/mol. The Hall–Kier alpha value is -3.27. The molecule has 1 atom stereocenters. The van der Waals surface area contributed by atoms with E-state index in [1.54, 1.807) is 36.4 Å². The lowest BCUT2D eigenvalue weighted by atomic mass is 10.0. The molecule has 0 spiro atoms. The maximum atomic E-state index is 14.5. The van der Waals surface area contributed by atoms with Gasteiger partial charge < -0.3 is 10.2 Å². The zero-order chi connectivity index (χ0) is 33.4. The molecule has 0 radical (unpaired) electrons. The third-order valence-corrected chi connectivity index (χ3v) is 10.4. The molecule has 46 heavy (non-hydrogen) atoms. The molecule has 0 aliphatic heterocycles. The van der Waals surface area contributed by atoms with Crippen LogP contribution in [0.4, 0.5) is 5.69 Å². The van der Waals surface area contributed by atoms with Crippen molar-refractivity contribution in [2.24, 2.45) is 0 Å². The van der Waals surface area contributed by atoms with Gasteiger partial charge in [-0.25, -0.2) is 8.42 Å². The van der Waals surface area contributed by atoms with Gasteiger partial charge in [-0.1, -0.05) is 113 Å². The first kappa shape index (κ1) is 35.6. The predicted octanol–water partition coefficient (Wildman–Crippen LogP) is 7.97. The number of hydrogen-bond donors (Lipinski definition) is 1. The number of halogens is 4. The average Bonchev–Trinajstić information content (AvgIpc) is 3.03. The number of anilines is 1. The standard InChI is InChI=1S/C34H33Cl4N3O4S/c1-3-18-39-34(43)31(19-24-8-5-4-6-9-24)40(21-25-14-15-26(35)20-29(25)37)32(42)22-41(30-11-7-10-28(36)33(30)38)46(44,45)27-16-12-23(2)13-17-27/h4-17,20,31H,3,18-19,21-22H2,1-2H3,(H,39,43)/t31-/m0/s1. The average molecular weight is 722 g/mol. The zero-order valence-corrected chi connectivity index (χ0v) is 29.1. The molecular formula is C34H33Cl4N3O4S. The summed E-state index contributed by atoms with van der Waals surface area (Å²) in [7, 11) is -4.35. The Labute approximate surface area is 290 Å². The van der Waals surface area contributed by atoms with E-state index in [1.165, 1.54) is 29.2 Å². The van der Waals surface area contributed by atoms with Crippen LogP contribution in [0.15, 0.2) is 95.9 Å². The van der Waals surface area contributed by atoms with Gasteiger partial charge in [-0.3, -0.25) is 13.9 Å². The second-order valence-corrected chi connectivity index (χ2v) is 14.1. The van der Waals surface area contributed by atoms with E-state index < -0.39 is 34.4 Å². The highest BCUT2D eigenvalue weighted by molar-refractivity contribution is 7.92. The molecule has 0 saturated heterocycles. The fourth-order valence-electron chi connectivity index (χ4n) is 4.79. The maximum absolute atomic E-state index is 14.5. The number of aryl methyl sites for hydroxylation is 1. The van der Waals surface area contributed by atoms with Crippen molar-refractivity contribution in [2.75, 3.05) is 17.4 Å². The molecule has 2 amide bonds. The molecule has 0 heterocycles. The van der Waals surface area contributed by atoms with Gasteiger partial charge in [0, 0.05) is 29.6 Å². The van der Waals surface area contributed by atoms with Gasteiger partial charge in [0.25, 0.3) is 10.0 Å². The van der Waals surface area contributed by atoms with E-state index in [2.05, 4.69) is 5.32 Å². The van der Waals surface area contributed by atoms with Crippen molar-refractivity contribution >= 4 is 73.9 Å². The van der Waals surface area contributed by atoms with Crippen LogP contribution in [0, 0.1) is 6.92 Å². The summed E-state index contributed by atoms with van der Waals surface area (Å²) in [6.07, 6.45) is 0.840. The van der Waals surface area contributed by atoms with Gasteiger partial charge in [0.1, 0.15) is 12.6 Å². The fraction of sp³-hybridized carbons (Fsp3) is 0.235. The van der Waals surface area contributed by atoms with Crippen LogP contribution < -0.4 is 9.62 Å².